The molecule has 2 heteroatoms. The summed E-state index contributed by atoms with van der Waals surface area (Å²) in [6, 6.07) is 0. The number of halogens is 1. The summed E-state index contributed by atoms with van der Waals surface area (Å²) in [4.78, 5) is 2.23. The Morgan fingerprint density at radius 3 is 2.10 bits per heavy atom. The molecule has 0 aliphatic rings. The van der Waals surface area contributed by atoms with Crippen molar-refractivity contribution in [2.75, 3.05) is 26.0 Å². The Morgan fingerprint density at radius 2 is 1.80 bits per heavy atom. The molecule has 62 valence electrons. The van der Waals surface area contributed by atoms with Crippen molar-refractivity contribution in [1.82, 2.24) is 4.90 Å². The lowest BCUT2D eigenvalue weighted by molar-refractivity contribution is 0.303. The molecule has 0 aromatic rings. The zero-order valence-corrected chi connectivity index (χ0v) is 9.03. The van der Waals surface area contributed by atoms with Crippen molar-refractivity contribution >= 4 is 15.9 Å². The highest BCUT2D eigenvalue weighted by Crippen LogP contribution is 2.22. The summed E-state index contributed by atoms with van der Waals surface area (Å²) in [7, 11) is 4.23. The molecule has 0 aromatic carbocycles. The fourth-order valence-corrected chi connectivity index (χ4v) is 0.873. The van der Waals surface area contributed by atoms with Gasteiger partial charge >= 0.3 is 0 Å². The second kappa shape index (κ2) is 4.35. The van der Waals surface area contributed by atoms with Crippen LogP contribution in [0.15, 0.2) is 0 Å². The molecule has 1 nitrogen and oxygen atoms in total. The van der Waals surface area contributed by atoms with Crippen LogP contribution in [0.1, 0.15) is 20.3 Å². The number of rotatable bonds is 4. The van der Waals surface area contributed by atoms with Gasteiger partial charge in [0, 0.05) is 5.33 Å². The zero-order valence-electron chi connectivity index (χ0n) is 7.45. The van der Waals surface area contributed by atoms with Gasteiger partial charge < -0.3 is 4.90 Å². The lowest BCUT2D eigenvalue weighted by Crippen LogP contribution is -2.22. The number of hydrogen-bond acceptors (Lipinski definition) is 1. The normalized spacial score (nSPS) is 12.6. The third kappa shape index (κ3) is 5.24. The van der Waals surface area contributed by atoms with Crippen LogP contribution in [0.2, 0.25) is 0 Å². The molecular weight excluding hydrogens is 190 g/mol. The van der Waals surface area contributed by atoms with Crippen molar-refractivity contribution in [3.05, 3.63) is 0 Å². The maximum atomic E-state index is 3.50. The highest BCUT2D eigenvalue weighted by atomic mass is 79.9. The summed E-state index contributed by atoms with van der Waals surface area (Å²) in [5.41, 5.74) is 0.449. The monoisotopic (exact) mass is 207 g/mol. The minimum atomic E-state index is 0.449. The van der Waals surface area contributed by atoms with Gasteiger partial charge in [-0.2, -0.15) is 0 Å². The van der Waals surface area contributed by atoms with E-state index in [2.05, 4.69) is 48.8 Å². The van der Waals surface area contributed by atoms with Crippen LogP contribution in [0.4, 0.5) is 0 Å². The van der Waals surface area contributed by atoms with Gasteiger partial charge in [-0.25, -0.2) is 0 Å². The van der Waals surface area contributed by atoms with Crippen molar-refractivity contribution in [1.29, 1.82) is 0 Å². The van der Waals surface area contributed by atoms with Crippen molar-refractivity contribution in [2.24, 2.45) is 5.41 Å². The van der Waals surface area contributed by atoms with Crippen molar-refractivity contribution in [3.8, 4) is 0 Å². The van der Waals surface area contributed by atoms with E-state index in [9.17, 15) is 0 Å². The first-order valence-corrected chi connectivity index (χ1v) is 4.81. The summed E-state index contributed by atoms with van der Waals surface area (Å²) in [6.45, 7) is 5.75. The SMILES string of the molecule is CN(C)CCC(C)(C)CBr. The molecule has 0 radical (unpaired) electrons. The van der Waals surface area contributed by atoms with Gasteiger partial charge in [0.25, 0.3) is 0 Å². The minimum absolute atomic E-state index is 0.449. The number of alkyl halides is 1. The fraction of sp³-hybridized carbons (Fsp3) is 1.00. The first-order valence-electron chi connectivity index (χ1n) is 3.69. The van der Waals surface area contributed by atoms with Gasteiger partial charge in [0.05, 0.1) is 0 Å². The molecule has 0 saturated carbocycles. The van der Waals surface area contributed by atoms with Crippen LogP contribution in [-0.4, -0.2) is 30.9 Å². The van der Waals surface area contributed by atoms with Gasteiger partial charge in [-0.15, -0.1) is 0 Å². The molecule has 0 aliphatic heterocycles. The van der Waals surface area contributed by atoms with Crippen LogP contribution in [-0.2, 0) is 0 Å². The highest BCUT2D eigenvalue weighted by Gasteiger charge is 2.15. The van der Waals surface area contributed by atoms with Gasteiger partial charge in [-0.1, -0.05) is 29.8 Å². The highest BCUT2D eigenvalue weighted by molar-refractivity contribution is 9.09. The number of nitrogens with zero attached hydrogens (tertiary/aromatic N) is 1. The molecule has 0 N–H and O–H groups in total. The molecule has 0 heterocycles. The molecule has 0 aliphatic carbocycles. The lowest BCUT2D eigenvalue weighted by Gasteiger charge is -2.23. The molecular formula is C8H18BrN. The van der Waals surface area contributed by atoms with E-state index < -0.39 is 0 Å². The molecule has 0 saturated heterocycles. The predicted molar refractivity (Wildman–Crippen MR) is 50.7 cm³/mol. The molecule has 0 unspecified atom stereocenters. The van der Waals surface area contributed by atoms with Crippen LogP contribution in [0.3, 0.4) is 0 Å². The molecule has 0 rings (SSSR count). The molecule has 0 fully saturated rings. The first kappa shape index (κ1) is 10.4. The Kier molecular flexibility index (Phi) is 4.54. The topological polar surface area (TPSA) is 3.24 Å². The van der Waals surface area contributed by atoms with Crippen molar-refractivity contribution in [3.63, 3.8) is 0 Å². The van der Waals surface area contributed by atoms with Gasteiger partial charge in [-0.3, -0.25) is 0 Å². The summed E-state index contributed by atoms with van der Waals surface area (Å²) >= 11 is 3.50. The summed E-state index contributed by atoms with van der Waals surface area (Å²) in [5, 5.41) is 1.09. The Morgan fingerprint density at radius 1 is 1.30 bits per heavy atom. The molecule has 0 aromatic heterocycles. The van der Waals surface area contributed by atoms with E-state index in [4.69, 9.17) is 0 Å². The fourth-order valence-electron chi connectivity index (χ4n) is 0.593. The zero-order chi connectivity index (χ0) is 8.20. The van der Waals surface area contributed by atoms with E-state index in [0.717, 1.165) is 5.33 Å². The van der Waals surface area contributed by atoms with E-state index in [-0.39, 0.29) is 0 Å². The Bertz CT molecular complexity index is 89.3. The van der Waals surface area contributed by atoms with E-state index >= 15 is 0 Å². The van der Waals surface area contributed by atoms with Gasteiger partial charge in [0.15, 0.2) is 0 Å². The molecule has 0 bridgehead atoms. The standard InChI is InChI=1S/C8H18BrN/c1-8(2,7-9)5-6-10(3)4/h5-7H2,1-4H3. The third-order valence-corrected chi connectivity index (χ3v) is 3.12. The van der Waals surface area contributed by atoms with Crippen LogP contribution >= 0.6 is 15.9 Å². The van der Waals surface area contributed by atoms with E-state index in [1.54, 1.807) is 0 Å². The third-order valence-electron chi connectivity index (χ3n) is 1.60. The summed E-state index contributed by atoms with van der Waals surface area (Å²) in [6.07, 6.45) is 1.26. The van der Waals surface area contributed by atoms with Gasteiger partial charge in [0.2, 0.25) is 0 Å². The summed E-state index contributed by atoms with van der Waals surface area (Å²) in [5.74, 6) is 0. The molecule has 0 atom stereocenters. The second-order valence-corrected chi connectivity index (χ2v) is 4.41. The van der Waals surface area contributed by atoms with Crippen LogP contribution < -0.4 is 0 Å². The average Bonchev–Trinajstić information content (AvgIpc) is 1.85. The van der Waals surface area contributed by atoms with E-state index in [0.29, 0.717) is 5.41 Å². The molecule has 10 heavy (non-hydrogen) atoms. The Hall–Kier alpha value is 0.440. The minimum Gasteiger partial charge on any atom is -0.309 e. The second-order valence-electron chi connectivity index (χ2n) is 3.85. The maximum Gasteiger partial charge on any atom is 0.00831 e. The van der Waals surface area contributed by atoms with Crippen LogP contribution in [0, 0.1) is 5.41 Å². The Labute approximate surface area is 72.9 Å². The first-order chi connectivity index (χ1) is 4.48. The largest absolute Gasteiger partial charge is 0.309 e. The quantitative estimate of drug-likeness (QED) is 0.641. The Balaban J connectivity index is 3.46. The number of hydrogen-bond donors (Lipinski definition) is 0. The maximum absolute atomic E-state index is 3.50. The van der Waals surface area contributed by atoms with Crippen LogP contribution in [0.5, 0.6) is 0 Å². The van der Waals surface area contributed by atoms with Crippen molar-refractivity contribution in [2.45, 2.75) is 20.3 Å². The average molecular weight is 208 g/mol. The molecule has 0 amide bonds. The molecule has 0 spiro atoms. The smallest absolute Gasteiger partial charge is 0.00831 e. The van der Waals surface area contributed by atoms with E-state index in [1.165, 1.54) is 13.0 Å². The summed E-state index contributed by atoms with van der Waals surface area (Å²) < 4.78 is 0. The predicted octanol–water partition coefficient (Wildman–Crippen LogP) is 2.36. The van der Waals surface area contributed by atoms with E-state index in [1.807, 2.05) is 0 Å². The lowest BCUT2D eigenvalue weighted by atomic mass is 9.92. The van der Waals surface area contributed by atoms with Gasteiger partial charge in [0.1, 0.15) is 0 Å². The van der Waals surface area contributed by atoms with Crippen molar-refractivity contribution < 1.29 is 0 Å². The van der Waals surface area contributed by atoms with Gasteiger partial charge in [-0.05, 0) is 32.5 Å². The van der Waals surface area contributed by atoms with Crippen LogP contribution in [0.25, 0.3) is 0 Å².